The molecule has 0 aliphatic carbocycles. The third-order valence-corrected chi connectivity index (χ3v) is 2.99. The second-order valence-corrected chi connectivity index (χ2v) is 4.46. The molecule has 1 aromatic heterocycles. The van der Waals surface area contributed by atoms with Gasteiger partial charge in [0.05, 0.1) is 12.5 Å². The van der Waals surface area contributed by atoms with Crippen molar-refractivity contribution in [3.8, 4) is 5.69 Å². The summed E-state index contributed by atoms with van der Waals surface area (Å²) in [6.07, 6.45) is 2.97. The van der Waals surface area contributed by atoms with E-state index < -0.39 is 5.82 Å². The van der Waals surface area contributed by atoms with Crippen LogP contribution < -0.4 is 11.1 Å². The van der Waals surface area contributed by atoms with Crippen LogP contribution in [0, 0.1) is 5.82 Å². The average molecular weight is 292 g/mol. The Labute approximate surface area is 121 Å². The molecule has 1 heterocycles. The molecule has 1 unspecified atom stereocenters. The highest BCUT2D eigenvalue weighted by atomic mass is 19.1. The maximum Gasteiger partial charge on any atom is 0.227 e. The third kappa shape index (κ3) is 3.87. The molecule has 2 aromatic rings. The number of carbonyl (C=O) groups is 1. The summed E-state index contributed by atoms with van der Waals surface area (Å²) in [7, 11) is 1.49. The molecule has 1 amide bonds. The van der Waals surface area contributed by atoms with E-state index in [1.807, 2.05) is 0 Å². The Morgan fingerprint density at radius 3 is 2.95 bits per heavy atom. The van der Waals surface area contributed by atoms with Gasteiger partial charge in [0.15, 0.2) is 5.82 Å². The molecule has 0 radical (unpaired) electrons. The van der Waals surface area contributed by atoms with E-state index in [0.717, 1.165) is 0 Å². The molecule has 7 heteroatoms. The lowest BCUT2D eigenvalue weighted by molar-refractivity contribution is -0.118. The van der Waals surface area contributed by atoms with E-state index in [1.165, 1.54) is 17.9 Å². The van der Waals surface area contributed by atoms with E-state index in [9.17, 15) is 9.18 Å². The minimum Gasteiger partial charge on any atom is -0.380 e. The van der Waals surface area contributed by atoms with Crippen LogP contribution in [-0.4, -0.2) is 35.4 Å². The van der Waals surface area contributed by atoms with E-state index in [4.69, 9.17) is 10.5 Å². The number of carbonyl (C=O) groups excluding carboxylic acids is 1. The first-order valence-corrected chi connectivity index (χ1v) is 6.46. The van der Waals surface area contributed by atoms with E-state index in [-0.39, 0.29) is 25.0 Å². The van der Waals surface area contributed by atoms with E-state index in [2.05, 4.69) is 10.4 Å². The molecule has 1 aromatic carbocycles. The summed E-state index contributed by atoms with van der Waals surface area (Å²) in [6.45, 7) is 0.247. The molecule has 6 nitrogen and oxygen atoms in total. The van der Waals surface area contributed by atoms with Crippen molar-refractivity contribution >= 4 is 11.6 Å². The highest BCUT2D eigenvalue weighted by Gasteiger charge is 2.13. The highest BCUT2D eigenvalue weighted by Crippen LogP contribution is 2.18. The van der Waals surface area contributed by atoms with Gasteiger partial charge in [0.25, 0.3) is 0 Å². The molecular weight excluding hydrogens is 275 g/mol. The zero-order valence-electron chi connectivity index (χ0n) is 11.6. The van der Waals surface area contributed by atoms with Crippen molar-refractivity contribution in [2.75, 3.05) is 19.0 Å². The van der Waals surface area contributed by atoms with Gasteiger partial charge in [-0.1, -0.05) is 0 Å². The third-order valence-electron chi connectivity index (χ3n) is 2.99. The molecule has 0 fully saturated rings. The lowest BCUT2D eigenvalue weighted by atomic mass is 10.2. The van der Waals surface area contributed by atoms with Crippen LogP contribution in [0.1, 0.15) is 6.42 Å². The van der Waals surface area contributed by atoms with Crippen LogP contribution in [0.3, 0.4) is 0 Å². The Hall–Kier alpha value is -2.25. The Balaban J connectivity index is 2.05. The van der Waals surface area contributed by atoms with Gasteiger partial charge in [0.2, 0.25) is 5.91 Å². The largest absolute Gasteiger partial charge is 0.380 e. The van der Waals surface area contributed by atoms with Crippen LogP contribution in [0.2, 0.25) is 0 Å². The van der Waals surface area contributed by atoms with Crippen LogP contribution in [0.25, 0.3) is 5.69 Å². The van der Waals surface area contributed by atoms with Crippen LogP contribution >= 0.6 is 0 Å². The predicted molar refractivity (Wildman–Crippen MR) is 76.6 cm³/mol. The van der Waals surface area contributed by atoms with Gasteiger partial charge in [-0.3, -0.25) is 4.79 Å². The molecular formula is C14H17FN4O2. The van der Waals surface area contributed by atoms with Gasteiger partial charge in [-0.25, -0.2) is 9.07 Å². The number of benzene rings is 1. The summed E-state index contributed by atoms with van der Waals surface area (Å²) in [5.41, 5.74) is 6.14. The van der Waals surface area contributed by atoms with Crippen LogP contribution in [0.5, 0.6) is 0 Å². The topological polar surface area (TPSA) is 82.2 Å². The number of rotatable bonds is 6. The molecule has 1 atom stereocenters. The van der Waals surface area contributed by atoms with Crippen molar-refractivity contribution in [3.05, 3.63) is 42.5 Å². The number of nitrogens with zero attached hydrogens (tertiary/aromatic N) is 2. The van der Waals surface area contributed by atoms with Gasteiger partial charge in [-0.2, -0.15) is 5.10 Å². The van der Waals surface area contributed by atoms with E-state index in [0.29, 0.717) is 11.4 Å². The van der Waals surface area contributed by atoms with Gasteiger partial charge in [0.1, 0.15) is 5.69 Å². The number of methoxy groups -OCH3 is 1. The Morgan fingerprint density at radius 2 is 2.38 bits per heavy atom. The number of aromatic nitrogens is 2. The molecule has 21 heavy (non-hydrogen) atoms. The summed E-state index contributed by atoms with van der Waals surface area (Å²) in [4.78, 5) is 11.8. The second-order valence-electron chi connectivity index (χ2n) is 4.46. The number of nitrogens with one attached hydrogen (secondary N) is 1. The van der Waals surface area contributed by atoms with Crippen molar-refractivity contribution in [2.45, 2.75) is 12.5 Å². The number of amides is 1. The summed E-state index contributed by atoms with van der Waals surface area (Å²) in [5.74, 6) is -0.753. The van der Waals surface area contributed by atoms with Gasteiger partial charge >= 0.3 is 0 Å². The average Bonchev–Trinajstić information content (AvgIpc) is 2.98. The zero-order valence-corrected chi connectivity index (χ0v) is 11.6. The first-order valence-electron chi connectivity index (χ1n) is 6.46. The van der Waals surface area contributed by atoms with Crippen molar-refractivity contribution in [1.29, 1.82) is 0 Å². The highest BCUT2D eigenvalue weighted by molar-refractivity contribution is 5.91. The lowest BCUT2D eigenvalue weighted by Gasteiger charge is -2.13. The SMILES string of the molecule is COC(CN)CC(=O)Nc1ccc(-n2cccn2)c(F)c1. The molecule has 2 rings (SSSR count). The monoisotopic (exact) mass is 292 g/mol. The minimum atomic E-state index is -0.474. The number of ether oxygens (including phenoxy) is 1. The molecule has 0 saturated carbocycles. The lowest BCUT2D eigenvalue weighted by Crippen LogP contribution is -2.28. The second kappa shape index (κ2) is 6.96. The molecule has 112 valence electrons. The summed E-state index contributed by atoms with van der Waals surface area (Å²) in [5, 5.41) is 6.57. The normalized spacial score (nSPS) is 12.1. The molecule has 0 spiro atoms. The van der Waals surface area contributed by atoms with Gasteiger partial charge in [-0.05, 0) is 24.3 Å². The standard InChI is InChI=1S/C14H17FN4O2/c1-21-11(9-16)8-14(20)18-10-3-4-13(12(15)7-10)19-6-2-5-17-19/h2-7,11H,8-9,16H2,1H3,(H,18,20). The minimum absolute atomic E-state index is 0.121. The van der Waals surface area contributed by atoms with Gasteiger partial charge in [0, 0.05) is 31.7 Å². The number of hydrogen-bond acceptors (Lipinski definition) is 4. The zero-order chi connectivity index (χ0) is 15.2. The number of hydrogen-bond donors (Lipinski definition) is 2. The molecule has 0 bridgehead atoms. The van der Waals surface area contributed by atoms with E-state index in [1.54, 1.807) is 30.6 Å². The number of halogens is 1. The number of nitrogens with two attached hydrogens (primary N) is 1. The molecule has 0 aliphatic heterocycles. The smallest absolute Gasteiger partial charge is 0.227 e. The van der Waals surface area contributed by atoms with Gasteiger partial charge < -0.3 is 15.8 Å². The van der Waals surface area contributed by atoms with Crippen molar-refractivity contribution < 1.29 is 13.9 Å². The quantitative estimate of drug-likeness (QED) is 0.841. The summed E-state index contributed by atoms with van der Waals surface area (Å²) < 4.78 is 20.4. The Morgan fingerprint density at radius 1 is 1.57 bits per heavy atom. The maximum absolute atomic E-state index is 14.0. The van der Waals surface area contributed by atoms with E-state index >= 15 is 0 Å². The van der Waals surface area contributed by atoms with Crippen molar-refractivity contribution in [2.24, 2.45) is 5.73 Å². The Bertz CT molecular complexity index is 597. The van der Waals surface area contributed by atoms with Crippen LogP contribution in [0.4, 0.5) is 10.1 Å². The first kappa shape index (κ1) is 15.1. The molecule has 0 aliphatic rings. The van der Waals surface area contributed by atoms with Crippen molar-refractivity contribution in [3.63, 3.8) is 0 Å². The number of anilines is 1. The Kier molecular flexibility index (Phi) is 5.02. The predicted octanol–water partition coefficient (Wildman–Crippen LogP) is 1.31. The summed E-state index contributed by atoms with van der Waals surface area (Å²) in [6, 6.07) is 6.11. The van der Waals surface area contributed by atoms with Gasteiger partial charge in [-0.15, -0.1) is 0 Å². The first-order chi connectivity index (χ1) is 10.1. The fourth-order valence-corrected chi connectivity index (χ4v) is 1.86. The van der Waals surface area contributed by atoms with Crippen LogP contribution in [0.15, 0.2) is 36.7 Å². The summed E-state index contributed by atoms with van der Waals surface area (Å²) >= 11 is 0. The fourth-order valence-electron chi connectivity index (χ4n) is 1.86. The van der Waals surface area contributed by atoms with Crippen LogP contribution in [-0.2, 0) is 9.53 Å². The molecule has 0 saturated heterocycles. The fraction of sp³-hybridized carbons (Fsp3) is 0.286. The molecule has 3 N–H and O–H groups in total. The maximum atomic E-state index is 14.0. The van der Waals surface area contributed by atoms with Crippen molar-refractivity contribution in [1.82, 2.24) is 9.78 Å².